The number of aromatic nitrogens is 1. The highest BCUT2D eigenvalue weighted by atomic mass is 32.1. The molecule has 19 heavy (non-hydrogen) atoms. The van der Waals surface area contributed by atoms with Gasteiger partial charge in [-0.1, -0.05) is 13.3 Å². The molecule has 1 aromatic heterocycles. The molecule has 1 N–H and O–H groups in total. The van der Waals surface area contributed by atoms with E-state index >= 15 is 0 Å². The molecular weight excluding hydrogens is 252 g/mol. The third-order valence-electron chi connectivity index (χ3n) is 5.32. The molecule has 0 aliphatic heterocycles. The average molecular weight is 276 g/mol. The predicted octanol–water partition coefficient (Wildman–Crippen LogP) is 3.79. The van der Waals surface area contributed by atoms with Gasteiger partial charge in [0, 0.05) is 10.9 Å². The lowest BCUT2D eigenvalue weighted by Crippen LogP contribution is -2.45. The summed E-state index contributed by atoms with van der Waals surface area (Å²) in [6, 6.07) is 0.779. The highest BCUT2D eigenvalue weighted by molar-refractivity contribution is 7.11. The molecule has 1 heterocycles. The van der Waals surface area contributed by atoms with Crippen LogP contribution in [-0.2, 0) is 18.4 Å². The highest BCUT2D eigenvalue weighted by Gasteiger charge is 2.47. The molecule has 2 nitrogen and oxygen atoms in total. The van der Waals surface area contributed by atoms with Gasteiger partial charge in [0.15, 0.2) is 0 Å². The predicted molar refractivity (Wildman–Crippen MR) is 79.6 cm³/mol. The molecule has 2 saturated carbocycles. The number of thiazole rings is 1. The van der Waals surface area contributed by atoms with E-state index < -0.39 is 0 Å². The van der Waals surface area contributed by atoms with E-state index in [0.29, 0.717) is 0 Å². The SMILES string of the molecule is CC1CCCC1(NC1CC1)c1nc2c(s1)CCCC2. The van der Waals surface area contributed by atoms with Crippen LogP contribution in [0, 0.1) is 5.92 Å². The van der Waals surface area contributed by atoms with Crippen molar-refractivity contribution in [3.05, 3.63) is 15.6 Å². The first-order chi connectivity index (χ1) is 9.28. The van der Waals surface area contributed by atoms with Gasteiger partial charge in [-0.3, -0.25) is 0 Å². The molecule has 0 saturated heterocycles. The third-order valence-corrected chi connectivity index (χ3v) is 6.65. The van der Waals surface area contributed by atoms with Crippen molar-refractivity contribution in [2.24, 2.45) is 5.92 Å². The quantitative estimate of drug-likeness (QED) is 0.908. The van der Waals surface area contributed by atoms with Crippen molar-refractivity contribution in [2.75, 3.05) is 0 Å². The Kier molecular flexibility index (Phi) is 2.96. The molecule has 1 aromatic rings. The van der Waals surface area contributed by atoms with Crippen LogP contribution >= 0.6 is 11.3 Å². The molecule has 0 bridgehead atoms. The Bertz CT molecular complexity index is 454. The van der Waals surface area contributed by atoms with Crippen LogP contribution < -0.4 is 5.32 Å². The number of hydrogen-bond donors (Lipinski definition) is 1. The van der Waals surface area contributed by atoms with E-state index in [1.54, 1.807) is 4.88 Å². The summed E-state index contributed by atoms with van der Waals surface area (Å²) >= 11 is 2.03. The Morgan fingerprint density at radius 2 is 2.00 bits per heavy atom. The molecule has 104 valence electrons. The molecule has 3 aliphatic rings. The van der Waals surface area contributed by atoms with E-state index in [2.05, 4.69) is 12.2 Å². The summed E-state index contributed by atoms with van der Waals surface area (Å²) in [5, 5.41) is 5.42. The van der Waals surface area contributed by atoms with Crippen LogP contribution in [0.15, 0.2) is 0 Å². The van der Waals surface area contributed by atoms with Crippen LogP contribution in [0.1, 0.15) is 67.4 Å². The largest absolute Gasteiger partial charge is 0.302 e. The first-order valence-corrected chi connectivity index (χ1v) is 8.86. The second-order valence-corrected chi connectivity index (χ2v) is 7.86. The molecule has 0 spiro atoms. The summed E-state index contributed by atoms with van der Waals surface area (Å²) in [6.07, 6.45) is 12.0. The van der Waals surface area contributed by atoms with E-state index in [9.17, 15) is 0 Å². The maximum atomic E-state index is 5.09. The van der Waals surface area contributed by atoms with Gasteiger partial charge in [-0.15, -0.1) is 11.3 Å². The summed E-state index contributed by atoms with van der Waals surface area (Å²) in [5.41, 5.74) is 1.66. The van der Waals surface area contributed by atoms with E-state index in [0.717, 1.165) is 12.0 Å². The maximum Gasteiger partial charge on any atom is 0.114 e. The standard InChI is InChI=1S/C16H24N2S/c1-11-5-4-10-16(11,18-12-8-9-12)15-17-13-6-2-3-7-14(13)19-15/h11-12,18H,2-10H2,1H3. The molecule has 4 rings (SSSR count). The average Bonchev–Trinajstić information content (AvgIpc) is 2.99. The zero-order valence-corrected chi connectivity index (χ0v) is 12.7. The number of fused-ring (bicyclic) bond motifs is 1. The third kappa shape index (κ3) is 2.06. The van der Waals surface area contributed by atoms with Crippen LogP contribution in [0.25, 0.3) is 0 Å². The minimum Gasteiger partial charge on any atom is -0.302 e. The smallest absolute Gasteiger partial charge is 0.114 e. The van der Waals surface area contributed by atoms with Gasteiger partial charge in [0.05, 0.1) is 11.2 Å². The zero-order valence-electron chi connectivity index (χ0n) is 11.9. The normalized spacial score (nSPS) is 34.5. The molecule has 0 radical (unpaired) electrons. The first-order valence-electron chi connectivity index (χ1n) is 8.05. The zero-order chi connectivity index (χ0) is 12.9. The van der Waals surface area contributed by atoms with Crippen molar-refractivity contribution >= 4 is 11.3 Å². The summed E-state index contributed by atoms with van der Waals surface area (Å²) < 4.78 is 0. The van der Waals surface area contributed by atoms with Gasteiger partial charge in [0.2, 0.25) is 0 Å². The second-order valence-electron chi connectivity index (χ2n) is 6.78. The monoisotopic (exact) mass is 276 g/mol. The van der Waals surface area contributed by atoms with E-state index in [-0.39, 0.29) is 5.54 Å². The lowest BCUT2D eigenvalue weighted by atomic mass is 9.88. The van der Waals surface area contributed by atoms with Crippen molar-refractivity contribution in [3.8, 4) is 0 Å². The Hall–Kier alpha value is -0.410. The highest BCUT2D eigenvalue weighted by Crippen LogP contribution is 2.47. The summed E-state index contributed by atoms with van der Waals surface area (Å²) in [7, 11) is 0. The van der Waals surface area contributed by atoms with Crippen molar-refractivity contribution in [2.45, 2.75) is 76.3 Å². The number of rotatable bonds is 3. The molecule has 2 fully saturated rings. The van der Waals surface area contributed by atoms with Crippen LogP contribution in [0.3, 0.4) is 0 Å². The van der Waals surface area contributed by atoms with Gasteiger partial charge in [-0.25, -0.2) is 4.98 Å². The molecule has 3 heteroatoms. The Morgan fingerprint density at radius 3 is 2.68 bits per heavy atom. The van der Waals surface area contributed by atoms with Crippen molar-refractivity contribution in [1.82, 2.24) is 10.3 Å². The van der Waals surface area contributed by atoms with Crippen LogP contribution in [-0.4, -0.2) is 11.0 Å². The molecule has 3 aliphatic carbocycles. The fraction of sp³-hybridized carbons (Fsp3) is 0.812. The van der Waals surface area contributed by atoms with E-state index in [4.69, 9.17) is 4.98 Å². The summed E-state index contributed by atoms with van der Waals surface area (Å²) in [4.78, 5) is 6.69. The van der Waals surface area contributed by atoms with Crippen molar-refractivity contribution < 1.29 is 0 Å². The Labute approximate surface area is 120 Å². The van der Waals surface area contributed by atoms with Crippen molar-refractivity contribution in [1.29, 1.82) is 0 Å². The number of nitrogens with zero attached hydrogens (tertiary/aromatic N) is 1. The van der Waals surface area contributed by atoms with Gasteiger partial charge in [0.25, 0.3) is 0 Å². The number of hydrogen-bond acceptors (Lipinski definition) is 3. The minimum absolute atomic E-state index is 0.225. The molecule has 2 unspecified atom stereocenters. The molecule has 0 aromatic carbocycles. The lowest BCUT2D eigenvalue weighted by Gasteiger charge is -2.33. The fourth-order valence-electron chi connectivity index (χ4n) is 3.91. The second kappa shape index (κ2) is 4.56. The van der Waals surface area contributed by atoms with Gasteiger partial charge < -0.3 is 5.32 Å². The fourth-order valence-corrected chi connectivity index (χ4v) is 5.35. The molecule has 0 amide bonds. The first kappa shape index (κ1) is 12.3. The van der Waals surface area contributed by atoms with Crippen LogP contribution in [0.2, 0.25) is 0 Å². The van der Waals surface area contributed by atoms with E-state index in [1.165, 1.54) is 68.5 Å². The van der Waals surface area contributed by atoms with E-state index in [1.807, 2.05) is 11.3 Å². The van der Waals surface area contributed by atoms with Gasteiger partial charge in [-0.05, 0) is 57.3 Å². The van der Waals surface area contributed by atoms with Crippen LogP contribution in [0.4, 0.5) is 0 Å². The summed E-state index contributed by atoms with van der Waals surface area (Å²) in [5.74, 6) is 0.751. The van der Waals surface area contributed by atoms with Crippen molar-refractivity contribution in [3.63, 3.8) is 0 Å². The maximum absolute atomic E-state index is 5.09. The Morgan fingerprint density at radius 1 is 1.16 bits per heavy atom. The van der Waals surface area contributed by atoms with Gasteiger partial charge in [0.1, 0.15) is 5.01 Å². The topological polar surface area (TPSA) is 24.9 Å². The minimum atomic E-state index is 0.225. The molecule has 2 atom stereocenters. The van der Waals surface area contributed by atoms with Gasteiger partial charge in [-0.2, -0.15) is 0 Å². The molecular formula is C16H24N2S. The number of nitrogens with one attached hydrogen (secondary N) is 1. The summed E-state index contributed by atoms with van der Waals surface area (Å²) in [6.45, 7) is 2.43. The number of aryl methyl sites for hydroxylation is 2. The Balaban J connectivity index is 1.71. The lowest BCUT2D eigenvalue weighted by molar-refractivity contribution is 0.258. The van der Waals surface area contributed by atoms with Crippen LogP contribution in [0.5, 0.6) is 0 Å². The van der Waals surface area contributed by atoms with Gasteiger partial charge >= 0.3 is 0 Å².